The van der Waals surface area contributed by atoms with Gasteiger partial charge in [0.25, 0.3) is 0 Å². The zero-order valence-corrected chi connectivity index (χ0v) is 14.2. The number of nitrogens with zero attached hydrogens (tertiary/aromatic N) is 1. The Hall–Kier alpha value is -2.20. The summed E-state index contributed by atoms with van der Waals surface area (Å²) in [4.78, 5) is 14.0. The number of aryl methyl sites for hydroxylation is 1. The van der Waals surface area contributed by atoms with Gasteiger partial charge in [-0.3, -0.25) is 0 Å². The second-order valence-corrected chi connectivity index (χ2v) is 5.88. The molecule has 2 amide bonds. The Morgan fingerprint density at radius 1 is 1.17 bits per heavy atom. The van der Waals surface area contributed by atoms with Crippen molar-refractivity contribution in [2.75, 3.05) is 30.4 Å². The fraction of sp³-hybridized carbons (Fsp3) is 0.278. The van der Waals surface area contributed by atoms with Crippen LogP contribution in [0, 0.1) is 6.92 Å². The molecule has 0 unspecified atom stereocenters. The highest BCUT2D eigenvalue weighted by molar-refractivity contribution is 6.33. The molecule has 2 aromatic rings. The lowest BCUT2D eigenvalue weighted by Gasteiger charge is -2.19. The topological polar surface area (TPSA) is 44.4 Å². The third kappa shape index (κ3) is 5.49. The molecule has 0 atom stereocenters. The van der Waals surface area contributed by atoms with Crippen LogP contribution >= 0.6 is 11.6 Å². The van der Waals surface area contributed by atoms with E-state index in [0.29, 0.717) is 17.3 Å². The number of benzene rings is 2. The Labute approximate surface area is 142 Å². The van der Waals surface area contributed by atoms with E-state index in [0.717, 1.165) is 18.5 Å². The third-order valence-electron chi connectivity index (χ3n) is 3.53. The first kappa shape index (κ1) is 17.2. The van der Waals surface area contributed by atoms with Gasteiger partial charge in [-0.25, -0.2) is 4.79 Å². The largest absolute Gasteiger partial charge is 0.375 e. The van der Waals surface area contributed by atoms with Crippen molar-refractivity contribution in [1.82, 2.24) is 5.32 Å². The van der Waals surface area contributed by atoms with Crippen LogP contribution in [0.4, 0.5) is 16.2 Å². The van der Waals surface area contributed by atoms with E-state index in [2.05, 4.69) is 27.7 Å². The molecule has 0 saturated carbocycles. The van der Waals surface area contributed by atoms with Crippen LogP contribution in [0.3, 0.4) is 0 Å². The maximum atomic E-state index is 11.9. The second-order valence-electron chi connectivity index (χ2n) is 5.47. The predicted molar refractivity (Wildman–Crippen MR) is 97.5 cm³/mol. The Balaban J connectivity index is 1.71. The van der Waals surface area contributed by atoms with Crippen molar-refractivity contribution in [2.24, 2.45) is 0 Å². The maximum absolute atomic E-state index is 11.9. The summed E-state index contributed by atoms with van der Waals surface area (Å²) < 4.78 is 0. The number of hydrogen-bond donors (Lipinski definition) is 2. The van der Waals surface area contributed by atoms with Gasteiger partial charge in [0, 0.05) is 25.8 Å². The molecule has 0 saturated heterocycles. The van der Waals surface area contributed by atoms with E-state index in [4.69, 9.17) is 11.6 Å². The number of carbonyl (C=O) groups excluding carboxylic acids is 1. The number of nitrogens with one attached hydrogen (secondary N) is 2. The Bertz CT molecular complexity index is 646. The van der Waals surface area contributed by atoms with Crippen LogP contribution in [0.5, 0.6) is 0 Å². The van der Waals surface area contributed by atoms with Crippen LogP contribution in [0.15, 0.2) is 48.5 Å². The summed E-state index contributed by atoms with van der Waals surface area (Å²) in [6, 6.07) is 15.5. The zero-order chi connectivity index (χ0) is 16.7. The standard InChI is InChI=1S/C18H22ClN3O/c1-14-9-10-17(16(19)13-14)21-18(23)20-11-6-12-22(2)15-7-4-3-5-8-15/h3-5,7-10,13H,6,11-12H2,1-2H3,(H2,20,21,23). The van der Waals surface area contributed by atoms with Gasteiger partial charge in [-0.1, -0.05) is 35.9 Å². The van der Waals surface area contributed by atoms with Gasteiger partial charge in [0.15, 0.2) is 0 Å². The first-order chi connectivity index (χ1) is 11.1. The Kier molecular flexibility index (Phi) is 6.29. The van der Waals surface area contributed by atoms with Crippen LogP contribution in [0.25, 0.3) is 0 Å². The van der Waals surface area contributed by atoms with Gasteiger partial charge in [0.05, 0.1) is 10.7 Å². The number of carbonyl (C=O) groups is 1. The van der Waals surface area contributed by atoms with Crippen LogP contribution in [-0.4, -0.2) is 26.2 Å². The van der Waals surface area contributed by atoms with E-state index in [9.17, 15) is 4.79 Å². The minimum absolute atomic E-state index is 0.238. The number of para-hydroxylation sites is 1. The summed E-state index contributed by atoms with van der Waals surface area (Å²) in [6.07, 6.45) is 0.862. The molecule has 23 heavy (non-hydrogen) atoms. The van der Waals surface area contributed by atoms with Gasteiger partial charge in [-0.2, -0.15) is 0 Å². The lowest BCUT2D eigenvalue weighted by atomic mass is 10.2. The monoisotopic (exact) mass is 331 g/mol. The van der Waals surface area contributed by atoms with Gasteiger partial charge in [-0.15, -0.1) is 0 Å². The predicted octanol–water partition coefficient (Wildman–Crippen LogP) is 4.30. The highest BCUT2D eigenvalue weighted by Gasteiger charge is 2.05. The van der Waals surface area contributed by atoms with E-state index in [-0.39, 0.29) is 6.03 Å². The number of urea groups is 1. The van der Waals surface area contributed by atoms with Crippen LogP contribution in [-0.2, 0) is 0 Å². The minimum Gasteiger partial charge on any atom is -0.375 e. The molecule has 0 fully saturated rings. The first-order valence-electron chi connectivity index (χ1n) is 7.63. The molecule has 0 heterocycles. The summed E-state index contributed by atoms with van der Waals surface area (Å²) in [7, 11) is 2.04. The van der Waals surface area contributed by atoms with E-state index in [1.807, 2.05) is 44.3 Å². The molecule has 0 aromatic heterocycles. The van der Waals surface area contributed by atoms with Gasteiger partial charge < -0.3 is 15.5 Å². The molecule has 5 heteroatoms. The number of hydrogen-bond acceptors (Lipinski definition) is 2. The molecular formula is C18H22ClN3O. The molecule has 0 aliphatic heterocycles. The highest BCUT2D eigenvalue weighted by Crippen LogP contribution is 2.22. The fourth-order valence-electron chi connectivity index (χ4n) is 2.22. The molecule has 0 aliphatic rings. The summed E-state index contributed by atoms with van der Waals surface area (Å²) in [6.45, 7) is 3.43. The van der Waals surface area contributed by atoms with Crippen molar-refractivity contribution < 1.29 is 4.79 Å². The third-order valence-corrected chi connectivity index (χ3v) is 3.84. The van der Waals surface area contributed by atoms with Crippen molar-refractivity contribution in [3.8, 4) is 0 Å². The smallest absolute Gasteiger partial charge is 0.319 e. The lowest BCUT2D eigenvalue weighted by molar-refractivity contribution is 0.252. The normalized spacial score (nSPS) is 10.2. The van der Waals surface area contributed by atoms with Crippen molar-refractivity contribution in [1.29, 1.82) is 0 Å². The van der Waals surface area contributed by atoms with E-state index in [1.165, 1.54) is 5.69 Å². The molecule has 2 N–H and O–H groups in total. The summed E-state index contributed by atoms with van der Waals surface area (Å²) in [5, 5.41) is 6.15. The SMILES string of the molecule is Cc1ccc(NC(=O)NCCCN(C)c2ccccc2)c(Cl)c1. The number of anilines is 2. The lowest BCUT2D eigenvalue weighted by Crippen LogP contribution is -2.31. The van der Waals surface area contributed by atoms with Crippen molar-refractivity contribution in [3.63, 3.8) is 0 Å². The number of rotatable bonds is 6. The van der Waals surface area contributed by atoms with Crippen LogP contribution in [0.1, 0.15) is 12.0 Å². The number of halogens is 1. The average molecular weight is 332 g/mol. The van der Waals surface area contributed by atoms with Gasteiger partial charge in [0.1, 0.15) is 0 Å². The molecule has 0 radical (unpaired) electrons. The summed E-state index contributed by atoms with van der Waals surface area (Å²) in [5.74, 6) is 0. The first-order valence-corrected chi connectivity index (χ1v) is 8.01. The van der Waals surface area contributed by atoms with Gasteiger partial charge in [-0.05, 0) is 43.2 Å². The molecule has 0 bridgehead atoms. The summed E-state index contributed by atoms with van der Waals surface area (Å²) >= 11 is 6.10. The highest BCUT2D eigenvalue weighted by atomic mass is 35.5. The van der Waals surface area contributed by atoms with E-state index < -0.39 is 0 Å². The van der Waals surface area contributed by atoms with Crippen molar-refractivity contribution >= 4 is 29.0 Å². The van der Waals surface area contributed by atoms with Crippen LogP contribution in [0.2, 0.25) is 5.02 Å². The zero-order valence-electron chi connectivity index (χ0n) is 13.5. The Morgan fingerprint density at radius 3 is 2.61 bits per heavy atom. The van der Waals surface area contributed by atoms with Gasteiger partial charge >= 0.3 is 6.03 Å². The molecule has 4 nitrogen and oxygen atoms in total. The molecule has 0 spiro atoms. The number of amides is 2. The van der Waals surface area contributed by atoms with Crippen LogP contribution < -0.4 is 15.5 Å². The molecular weight excluding hydrogens is 310 g/mol. The molecule has 2 rings (SSSR count). The Morgan fingerprint density at radius 2 is 1.91 bits per heavy atom. The maximum Gasteiger partial charge on any atom is 0.319 e. The quantitative estimate of drug-likeness (QED) is 0.775. The second kappa shape index (κ2) is 8.44. The molecule has 0 aliphatic carbocycles. The minimum atomic E-state index is -0.238. The van der Waals surface area contributed by atoms with E-state index >= 15 is 0 Å². The average Bonchev–Trinajstić information content (AvgIpc) is 2.55. The van der Waals surface area contributed by atoms with Crippen molar-refractivity contribution in [3.05, 3.63) is 59.1 Å². The van der Waals surface area contributed by atoms with E-state index in [1.54, 1.807) is 6.07 Å². The van der Waals surface area contributed by atoms with Gasteiger partial charge in [0.2, 0.25) is 0 Å². The van der Waals surface area contributed by atoms with Crippen molar-refractivity contribution in [2.45, 2.75) is 13.3 Å². The fourth-order valence-corrected chi connectivity index (χ4v) is 2.50. The molecule has 2 aromatic carbocycles. The molecule has 122 valence electrons. The summed E-state index contributed by atoms with van der Waals surface area (Å²) in [5.41, 5.74) is 2.85.